The molecular weight excluding hydrogens is 372 g/mol. The Bertz CT molecular complexity index is 1000. The van der Waals surface area contributed by atoms with Gasteiger partial charge in [-0.15, -0.1) is 11.3 Å². The average Bonchev–Trinajstić information content (AvgIpc) is 3.04. The standard InChI is InChI=1S/C21H24N4O2S/c1-13-17-19(22-14(2)23-20(17)28-18(13)21(26)27-3)25-11-7-10-16(12-25)24-15-8-5-4-6-9-15/h4-6,8-9,16,24H,7,10-12H2,1-3H3. The Balaban J connectivity index is 1.67. The lowest BCUT2D eigenvalue weighted by atomic mass is 10.0. The Morgan fingerprint density at radius 2 is 2.04 bits per heavy atom. The van der Waals surface area contributed by atoms with Gasteiger partial charge in [0.1, 0.15) is 21.3 Å². The highest BCUT2D eigenvalue weighted by Gasteiger charge is 2.26. The van der Waals surface area contributed by atoms with E-state index in [1.54, 1.807) is 0 Å². The molecule has 0 spiro atoms. The molecule has 6 nitrogen and oxygen atoms in total. The molecule has 0 aliphatic carbocycles. The van der Waals surface area contributed by atoms with Crippen molar-refractivity contribution in [1.82, 2.24) is 9.97 Å². The summed E-state index contributed by atoms with van der Waals surface area (Å²) in [4.78, 5) is 25.3. The van der Waals surface area contributed by atoms with Gasteiger partial charge in [-0.05, 0) is 44.4 Å². The highest BCUT2D eigenvalue weighted by Crippen LogP contribution is 2.36. The van der Waals surface area contributed by atoms with Crippen molar-refractivity contribution in [3.63, 3.8) is 0 Å². The number of piperidine rings is 1. The van der Waals surface area contributed by atoms with Gasteiger partial charge in [-0.3, -0.25) is 0 Å². The first kappa shape index (κ1) is 18.7. The largest absolute Gasteiger partial charge is 0.465 e. The highest BCUT2D eigenvalue weighted by molar-refractivity contribution is 7.20. The second kappa shape index (κ2) is 7.75. The molecule has 1 atom stereocenters. The normalized spacial score (nSPS) is 17.0. The van der Waals surface area contributed by atoms with Crippen LogP contribution >= 0.6 is 11.3 Å². The summed E-state index contributed by atoms with van der Waals surface area (Å²) in [5.41, 5.74) is 2.04. The summed E-state index contributed by atoms with van der Waals surface area (Å²) in [6.45, 7) is 5.67. The van der Waals surface area contributed by atoms with Crippen LogP contribution in [-0.2, 0) is 4.74 Å². The monoisotopic (exact) mass is 396 g/mol. The van der Waals surface area contributed by atoms with E-state index < -0.39 is 0 Å². The number of carbonyl (C=O) groups is 1. The molecule has 0 bridgehead atoms. The van der Waals surface area contributed by atoms with Crippen molar-refractivity contribution < 1.29 is 9.53 Å². The van der Waals surface area contributed by atoms with Crippen molar-refractivity contribution >= 4 is 39.0 Å². The first-order chi connectivity index (χ1) is 13.6. The van der Waals surface area contributed by atoms with E-state index in [1.807, 2.05) is 32.0 Å². The fraction of sp³-hybridized carbons (Fsp3) is 0.381. The van der Waals surface area contributed by atoms with E-state index in [1.165, 1.54) is 18.4 Å². The van der Waals surface area contributed by atoms with E-state index in [9.17, 15) is 4.79 Å². The first-order valence-electron chi connectivity index (χ1n) is 9.49. The topological polar surface area (TPSA) is 67.3 Å². The summed E-state index contributed by atoms with van der Waals surface area (Å²) in [7, 11) is 1.41. The maximum Gasteiger partial charge on any atom is 0.348 e. The lowest BCUT2D eigenvalue weighted by molar-refractivity contribution is 0.0605. The van der Waals surface area contributed by atoms with Crippen LogP contribution in [0.4, 0.5) is 11.5 Å². The van der Waals surface area contributed by atoms with Crippen LogP contribution in [-0.4, -0.2) is 42.2 Å². The molecule has 3 aromatic rings. The molecular formula is C21H24N4O2S. The minimum absolute atomic E-state index is 0.314. The number of benzene rings is 1. The fourth-order valence-corrected chi connectivity index (χ4v) is 4.93. The smallest absolute Gasteiger partial charge is 0.348 e. The van der Waals surface area contributed by atoms with Gasteiger partial charge in [-0.25, -0.2) is 14.8 Å². The predicted octanol–water partition coefficient (Wildman–Crippen LogP) is 4.18. The van der Waals surface area contributed by atoms with Crippen LogP contribution in [0, 0.1) is 13.8 Å². The Labute approximate surface area is 168 Å². The molecule has 28 heavy (non-hydrogen) atoms. The van der Waals surface area contributed by atoms with E-state index >= 15 is 0 Å². The number of nitrogens with zero attached hydrogens (tertiary/aromatic N) is 3. The number of thiophene rings is 1. The highest BCUT2D eigenvalue weighted by atomic mass is 32.1. The SMILES string of the molecule is COC(=O)c1sc2nc(C)nc(N3CCCC(Nc4ccccc4)C3)c2c1C. The molecule has 1 aromatic carbocycles. The Morgan fingerprint density at radius 3 is 2.79 bits per heavy atom. The molecule has 0 radical (unpaired) electrons. The molecule has 146 valence electrons. The number of esters is 1. The Kier molecular flexibility index (Phi) is 5.17. The molecule has 1 fully saturated rings. The van der Waals surface area contributed by atoms with Crippen molar-refractivity contribution in [2.45, 2.75) is 32.7 Å². The number of hydrogen-bond acceptors (Lipinski definition) is 7. The summed E-state index contributed by atoms with van der Waals surface area (Å²) >= 11 is 1.38. The van der Waals surface area contributed by atoms with Gasteiger partial charge in [0, 0.05) is 24.8 Å². The number of hydrogen-bond donors (Lipinski definition) is 1. The lowest BCUT2D eigenvalue weighted by Crippen LogP contribution is -2.42. The number of nitrogens with one attached hydrogen (secondary N) is 1. The van der Waals surface area contributed by atoms with Crippen molar-refractivity contribution in [1.29, 1.82) is 0 Å². The van der Waals surface area contributed by atoms with Crippen LogP contribution in [0.15, 0.2) is 30.3 Å². The number of ether oxygens (including phenoxy) is 1. The number of aromatic nitrogens is 2. The molecule has 0 saturated carbocycles. The fourth-order valence-electron chi connectivity index (χ4n) is 3.80. The molecule has 1 saturated heterocycles. The Hall–Kier alpha value is -2.67. The van der Waals surface area contributed by atoms with E-state index in [4.69, 9.17) is 9.72 Å². The molecule has 1 N–H and O–H groups in total. The number of carbonyl (C=O) groups excluding carboxylic acids is 1. The molecule has 7 heteroatoms. The second-order valence-corrected chi connectivity index (χ2v) is 8.12. The van der Waals surface area contributed by atoms with Gasteiger partial charge in [0.15, 0.2) is 0 Å². The third-order valence-corrected chi connectivity index (χ3v) is 6.28. The maximum atomic E-state index is 12.1. The van der Waals surface area contributed by atoms with E-state index in [-0.39, 0.29) is 5.97 Å². The summed E-state index contributed by atoms with van der Waals surface area (Å²) in [6.07, 6.45) is 2.21. The van der Waals surface area contributed by atoms with Gasteiger partial charge in [0.05, 0.1) is 12.5 Å². The van der Waals surface area contributed by atoms with Crippen molar-refractivity contribution in [2.24, 2.45) is 0 Å². The maximum absolute atomic E-state index is 12.1. The van der Waals surface area contributed by atoms with Crippen LogP contribution in [0.2, 0.25) is 0 Å². The molecule has 4 rings (SSSR count). The van der Waals surface area contributed by atoms with Gasteiger partial charge in [0.25, 0.3) is 0 Å². The number of rotatable bonds is 4. The van der Waals surface area contributed by atoms with Crippen LogP contribution in [0.1, 0.15) is 33.9 Å². The summed E-state index contributed by atoms with van der Waals surface area (Å²) < 4.78 is 4.95. The quantitative estimate of drug-likeness (QED) is 0.668. The minimum atomic E-state index is -0.314. The third-order valence-electron chi connectivity index (χ3n) is 5.12. The van der Waals surface area contributed by atoms with Crippen LogP contribution < -0.4 is 10.2 Å². The number of fused-ring (bicyclic) bond motifs is 1. The van der Waals surface area contributed by atoms with Gasteiger partial charge < -0.3 is 15.0 Å². The Morgan fingerprint density at radius 1 is 1.25 bits per heavy atom. The van der Waals surface area contributed by atoms with Crippen LogP contribution in [0.25, 0.3) is 10.2 Å². The number of anilines is 2. The minimum Gasteiger partial charge on any atom is -0.465 e. The summed E-state index contributed by atoms with van der Waals surface area (Å²) in [5.74, 6) is 1.33. The van der Waals surface area contributed by atoms with E-state index in [2.05, 4.69) is 27.3 Å². The third kappa shape index (κ3) is 3.54. The van der Waals surface area contributed by atoms with Crippen LogP contribution in [0.3, 0.4) is 0 Å². The molecule has 1 aliphatic heterocycles. The zero-order chi connectivity index (χ0) is 19.7. The van der Waals surface area contributed by atoms with Crippen molar-refractivity contribution in [3.8, 4) is 0 Å². The molecule has 3 heterocycles. The van der Waals surface area contributed by atoms with Gasteiger partial charge in [0.2, 0.25) is 0 Å². The molecule has 1 aliphatic rings. The summed E-state index contributed by atoms with van der Waals surface area (Å²) in [5, 5.41) is 4.60. The lowest BCUT2D eigenvalue weighted by Gasteiger charge is -2.35. The summed E-state index contributed by atoms with van der Waals surface area (Å²) in [6, 6.07) is 10.7. The van der Waals surface area contributed by atoms with E-state index in [0.717, 1.165) is 59.0 Å². The van der Waals surface area contributed by atoms with Gasteiger partial charge in [-0.1, -0.05) is 18.2 Å². The van der Waals surface area contributed by atoms with Crippen molar-refractivity contribution in [2.75, 3.05) is 30.4 Å². The second-order valence-electron chi connectivity index (χ2n) is 7.12. The van der Waals surface area contributed by atoms with Gasteiger partial charge in [-0.2, -0.15) is 0 Å². The number of aryl methyl sites for hydroxylation is 2. The molecule has 1 unspecified atom stereocenters. The zero-order valence-corrected chi connectivity index (χ0v) is 17.2. The predicted molar refractivity (Wildman–Crippen MR) is 114 cm³/mol. The average molecular weight is 397 g/mol. The molecule has 0 amide bonds. The van der Waals surface area contributed by atoms with Crippen molar-refractivity contribution in [3.05, 3.63) is 46.6 Å². The van der Waals surface area contributed by atoms with Gasteiger partial charge >= 0.3 is 5.97 Å². The molecule has 2 aromatic heterocycles. The van der Waals surface area contributed by atoms with E-state index in [0.29, 0.717) is 10.9 Å². The number of para-hydroxylation sites is 1. The van der Waals surface area contributed by atoms with Crippen LogP contribution in [0.5, 0.6) is 0 Å². The zero-order valence-electron chi connectivity index (χ0n) is 16.4. The first-order valence-corrected chi connectivity index (χ1v) is 10.3. The number of methoxy groups -OCH3 is 1.